The fourth-order valence-electron chi connectivity index (χ4n) is 3.42. The number of likely N-dealkylation sites (N-methyl/N-ethyl adjacent to an activating group) is 1. The smallest absolute Gasteiger partial charge is 0.240 e. The van der Waals surface area contributed by atoms with E-state index in [0.717, 1.165) is 43.4 Å². The van der Waals surface area contributed by atoms with Crippen molar-refractivity contribution in [3.05, 3.63) is 52.0 Å². The molecule has 7 heteroatoms. The van der Waals surface area contributed by atoms with Crippen LogP contribution >= 0.6 is 11.3 Å². The summed E-state index contributed by atoms with van der Waals surface area (Å²) in [7, 11) is 0. The predicted molar refractivity (Wildman–Crippen MR) is 97.9 cm³/mol. The second-order valence-corrected chi connectivity index (χ2v) is 7.44. The Hall–Kier alpha value is -1.86. The van der Waals surface area contributed by atoms with Crippen molar-refractivity contribution in [1.82, 2.24) is 14.8 Å². The summed E-state index contributed by atoms with van der Waals surface area (Å²) in [4.78, 5) is 21.1. The van der Waals surface area contributed by atoms with Gasteiger partial charge in [0.2, 0.25) is 5.91 Å². The highest BCUT2D eigenvalue weighted by molar-refractivity contribution is 7.09. The van der Waals surface area contributed by atoms with Gasteiger partial charge in [0, 0.05) is 49.3 Å². The maximum atomic E-state index is 13.9. The first-order chi connectivity index (χ1) is 12.6. The largest absolute Gasteiger partial charge is 0.337 e. The second-order valence-electron chi connectivity index (χ2n) is 6.46. The topological polar surface area (TPSA) is 36.4 Å². The monoisotopic (exact) mass is 379 g/mol. The van der Waals surface area contributed by atoms with Gasteiger partial charge < -0.3 is 4.90 Å². The Morgan fingerprint density at radius 1 is 1.38 bits per heavy atom. The van der Waals surface area contributed by atoms with Crippen LogP contribution in [0.5, 0.6) is 0 Å². The molecule has 1 fully saturated rings. The molecule has 0 radical (unpaired) electrons. The molecule has 0 N–H and O–H groups in total. The summed E-state index contributed by atoms with van der Waals surface area (Å²) in [5, 5.41) is 3.02. The van der Waals surface area contributed by atoms with Crippen LogP contribution in [0.3, 0.4) is 0 Å². The molecule has 2 aromatic rings. The summed E-state index contributed by atoms with van der Waals surface area (Å²) in [5.41, 5.74) is 0.353. The number of piperidine rings is 1. The average molecular weight is 379 g/mol. The van der Waals surface area contributed by atoms with Gasteiger partial charge in [-0.1, -0.05) is 13.0 Å². The molecule has 1 aromatic carbocycles. The molecule has 26 heavy (non-hydrogen) atoms. The summed E-state index contributed by atoms with van der Waals surface area (Å²) < 4.78 is 27.0. The summed E-state index contributed by atoms with van der Waals surface area (Å²) in [6.45, 7) is 4.40. The Morgan fingerprint density at radius 3 is 2.92 bits per heavy atom. The Kier molecular flexibility index (Phi) is 6.32. The molecule has 4 nitrogen and oxygen atoms in total. The van der Waals surface area contributed by atoms with Crippen LogP contribution < -0.4 is 0 Å². The Balaban J connectivity index is 1.65. The highest BCUT2D eigenvalue weighted by Gasteiger charge is 2.32. The fraction of sp³-hybridized carbons (Fsp3) is 0.474. The van der Waals surface area contributed by atoms with E-state index in [4.69, 9.17) is 0 Å². The van der Waals surface area contributed by atoms with Crippen LogP contribution in [0.4, 0.5) is 8.78 Å². The lowest BCUT2D eigenvalue weighted by Crippen LogP contribution is -2.52. The van der Waals surface area contributed by atoms with Gasteiger partial charge in [0.25, 0.3) is 0 Å². The van der Waals surface area contributed by atoms with Gasteiger partial charge in [-0.15, -0.1) is 11.3 Å². The number of amides is 1. The number of thiazole rings is 1. The molecule has 1 aliphatic heterocycles. The first-order valence-corrected chi connectivity index (χ1v) is 9.81. The zero-order valence-corrected chi connectivity index (χ0v) is 15.6. The second kappa shape index (κ2) is 8.68. The Morgan fingerprint density at radius 2 is 2.23 bits per heavy atom. The minimum Gasteiger partial charge on any atom is -0.337 e. The first-order valence-electron chi connectivity index (χ1n) is 8.93. The number of likely N-dealkylation sites (tertiary alicyclic amines) is 1. The molecule has 3 rings (SSSR count). The van der Waals surface area contributed by atoms with Crippen molar-refractivity contribution in [2.24, 2.45) is 0 Å². The number of aromatic nitrogens is 1. The van der Waals surface area contributed by atoms with Gasteiger partial charge in [0.15, 0.2) is 0 Å². The van der Waals surface area contributed by atoms with Crippen molar-refractivity contribution in [2.45, 2.75) is 38.8 Å². The summed E-state index contributed by atoms with van der Waals surface area (Å²) in [6.07, 6.45) is 4.31. The SMILES string of the molecule is CCN(CCc1nccs1)C1CCCN(Cc2ccc(F)cc2F)C1=O. The van der Waals surface area contributed by atoms with Gasteiger partial charge in [0.1, 0.15) is 11.6 Å². The molecular formula is C19H23F2N3OS. The molecule has 0 aliphatic carbocycles. The number of carbonyl (C=O) groups is 1. The number of carbonyl (C=O) groups excluding carboxylic acids is 1. The molecule has 1 atom stereocenters. The molecule has 0 bridgehead atoms. The number of halogens is 2. The minimum atomic E-state index is -0.603. The quantitative estimate of drug-likeness (QED) is 0.739. The van der Waals surface area contributed by atoms with Crippen LogP contribution in [-0.2, 0) is 17.8 Å². The van der Waals surface area contributed by atoms with Crippen molar-refractivity contribution in [1.29, 1.82) is 0 Å². The minimum absolute atomic E-state index is 0.0287. The molecule has 2 heterocycles. The van der Waals surface area contributed by atoms with Crippen molar-refractivity contribution >= 4 is 17.2 Å². The highest BCUT2D eigenvalue weighted by Crippen LogP contribution is 2.21. The van der Waals surface area contributed by atoms with Gasteiger partial charge >= 0.3 is 0 Å². The number of hydrogen-bond donors (Lipinski definition) is 0. The molecule has 0 spiro atoms. The number of hydrogen-bond acceptors (Lipinski definition) is 4. The molecule has 1 saturated heterocycles. The lowest BCUT2D eigenvalue weighted by Gasteiger charge is -2.38. The van der Waals surface area contributed by atoms with Crippen molar-refractivity contribution in [3.8, 4) is 0 Å². The summed E-state index contributed by atoms with van der Waals surface area (Å²) in [5.74, 6) is -1.18. The van der Waals surface area contributed by atoms with E-state index in [1.165, 1.54) is 12.1 Å². The fourth-order valence-corrected chi connectivity index (χ4v) is 4.03. The van der Waals surface area contributed by atoms with Gasteiger partial charge in [-0.25, -0.2) is 13.8 Å². The van der Waals surface area contributed by atoms with E-state index in [1.807, 2.05) is 12.3 Å². The predicted octanol–water partition coefficient (Wildman–Crippen LogP) is 3.48. The van der Waals surface area contributed by atoms with Crippen LogP contribution in [0, 0.1) is 11.6 Å². The third kappa shape index (κ3) is 4.45. The van der Waals surface area contributed by atoms with Gasteiger partial charge in [-0.2, -0.15) is 0 Å². The van der Waals surface area contributed by atoms with E-state index < -0.39 is 11.6 Å². The third-order valence-corrected chi connectivity index (χ3v) is 5.66. The molecule has 140 valence electrons. The Labute approximate surface area is 156 Å². The first kappa shape index (κ1) is 18.9. The van der Waals surface area contributed by atoms with E-state index in [0.29, 0.717) is 12.1 Å². The zero-order valence-electron chi connectivity index (χ0n) is 14.8. The number of benzene rings is 1. The van der Waals surface area contributed by atoms with Crippen LogP contribution in [0.15, 0.2) is 29.8 Å². The summed E-state index contributed by atoms with van der Waals surface area (Å²) >= 11 is 1.62. The lowest BCUT2D eigenvalue weighted by molar-refractivity contribution is -0.140. The molecule has 1 unspecified atom stereocenters. The van der Waals surface area contributed by atoms with Crippen LogP contribution in [0.2, 0.25) is 0 Å². The Bertz CT molecular complexity index is 738. The summed E-state index contributed by atoms with van der Waals surface area (Å²) in [6, 6.07) is 3.34. The van der Waals surface area contributed by atoms with Gasteiger partial charge in [0.05, 0.1) is 11.0 Å². The van der Waals surface area contributed by atoms with E-state index in [1.54, 1.807) is 22.4 Å². The molecule has 1 aliphatic rings. The van der Waals surface area contributed by atoms with Crippen LogP contribution in [0.25, 0.3) is 0 Å². The maximum absolute atomic E-state index is 13.9. The van der Waals surface area contributed by atoms with Crippen molar-refractivity contribution in [2.75, 3.05) is 19.6 Å². The van der Waals surface area contributed by atoms with Crippen molar-refractivity contribution in [3.63, 3.8) is 0 Å². The number of nitrogens with zero attached hydrogens (tertiary/aromatic N) is 3. The van der Waals surface area contributed by atoms with Crippen LogP contribution in [0.1, 0.15) is 30.3 Å². The maximum Gasteiger partial charge on any atom is 0.240 e. The lowest BCUT2D eigenvalue weighted by atomic mass is 10.0. The molecular weight excluding hydrogens is 356 g/mol. The molecule has 1 aromatic heterocycles. The van der Waals surface area contributed by atoms with E-state index >= 15 is 0 Å². The van der Waals surface area contributed by atoms with Gasteiger partial charge in [-0.05, 0) is 25.5 Å². The highest BCUT2D eigenvalue weighted by atomic mass is 32.1. The molecule has 1 amide bonds. The van der Waals surface area contributed by atoms with Crippen LogP contribution in [-0.4, -0.2) is 46.4 Å². The average Bonchev–Trinajstić information content (AvgIpc) is 3.14. The van der Waals surface area contributed by atoms with Crippen molar-refractivity contribution < 1.29 is 13.6 Å². The van der Waals surface area contributed by atoms with E-state index in [2.05, 4.69) is 9.88 Å². The standard InChI is InChI=1S/C19H23F2N3OS/c1-2-23(10-7-18-22-8-11-26-18)17-4-3-9-24(19(17)25)13-14-5-6-15(20)12-16(14)21/h5-6,8,11-12,17H,2-4,7,9-10,13H2,1H3. The molecule has 0 saturated carbocycles. The van der Waals surface area contributed by atoms with E-state index in [9.17, 15) is 13.6 Å². The zero-order chi connectivity index (χ0) is 18.5. The van der Waals surface area contributed by atoms with E-state index in [-0.39, 0.29) is 18.5 Å². The van der Waals surface area contributed by atoms with Gasteiger partial charge in [-0.3, -0.25) is 9.69 Å². The number of rotatable bonds is 7. The third-order valence-electron chi connectivity index (χ3n) is 4.82. The normalized spacial score (nSPS) is 17.9.